The minimum absolute atomic E-state index is 0.846. The maximum Gasteiger partial charge on any atom is 0.500 e. The van der Waals surface area contributed by atoms with E-state index in [1.165, 1.54) is 32.1 Å². The number of hydrogen-bond donors (Lipinski definition) is 1. The molecular weight excluding hydrogens is 370 g/mol. The highest BCUT2D eigenvalue weighted by molar-refractivity contribution is 6.60. The molecule has 0 fully saturated rings. The molecule has 0 heterocycles. The molecule has 0 aromatic carbocycles. The summed E-state index contributed by atoms with van der Waals surface area (Å²) >= 11 is 0. The van der Waals surface area contributed by atoms with Gasteiger partial charge in [0, 0.05) is 54.7 Å². The molecule has 0 saturated heterocycles. The van der Waals surface area contributed by atoms with Crippen LogP contribution in [0, 0.1) is 0 Å². The third-order valence-corrected chi connectivity index (χ3v) is 10.5. The Morgan fingerprint density at radius 3 is 1.27 bits per heavy atom. The Labute approximate surface area is 162 Å². The number of hydrogen-bond acceptors (Lipinski definition) is 7. The van der Waals surface area contributed by atoms with Gasteiger partial charge in [-0.1, -0.05) is 25.7 Å². The van der Waals surface area contributed by atoms with Crippen molar-refractivity contribution in [3.05, 3.63) is 0 Å². The first-order valence-corrected chi connectivity index (χ1v) is 13.5. The van der Waals surface area contributed by atoms with Gasteiger partial charge in [-0.15, -0.1) is 0 Å². The molecule has 0 saturated carbocycles. The fourth-order valence-corrected chi connectivity index (χ4v) is 6.48. The van der Waals surface area contributed by atoms with Crippen molar-refractivity contribution in [2.45, 2.75) is 57.0 Å². The van der Waals surface area contributed by atoms with Crippen LogP contribution in [-0.4, -0.2) is 73.4 Å². The van der Waals surface area contributed by atoms with Crippen molar-refractivity contribution in [3.8, 4) is 0 Å². The van der Waals surface area contributed by atoms with Crippen LogP contribution >= 0.6 is 0 Å². The molecule has 1 N–H and O–H groups in total. The van der Waals surface area contributed by atoms with Crippen molar-refractivity contribution >= 4 is 17.6 Å². The van der Waals surface area contributed by atoms with Crippen molar-refractivity contribution < 1.29 is 26.6 Å². The minimum atomic E-state index is -2.40. The second-order valence-electron chi connectivity index (χ2n) is 6.32. The van der Waals surface area contributed by atoms with E-state index >= 15 is 0 Å². The maximum atomic E-state index is 5.44. The van der Waals surface area contributed by atoms with Crippen LogP contribution in [-0.2, 0) is 26.6 Å². The van der Waals surface area contributed by atoms with Gasteiger partial charge in [0.05, 0.1) is 0 Å². The Morgan fingerprint density at radius 2 is 0.808 bits per heavy atom. The quantitative estimate of drug-likeness (QED) is 0.259. The van der Waals surface area contributed by atoms with E-state index in [4.69, 9.17) is 26.6 Å². The summed E-state index contributed by atoms with van der Waals surface area (Å²) in [4.78, 5) is 0. The predicted molar refractivity (Wildman–Crippen MR) is 108 cm³/mol. The van der Waals surface area contributed by atoms with E-state index in [0.29, 0.717) is 0 Å². The molecule has 158 valence electrons. The summed E-state index contributed by atoms with van der Waals surface area (Å²) in [6, 6.07) is 1.74. The zero-order valence-electron chi connectivity index (χ0n) is 17.7. The van der Waals surface area contributed by atoms with E-state index in [2.05, 4.69) is 5.32 Å². The maximum absolute atomic E-state index is 5.44. The molecule has 7 nitrogen and oxygen atoms in total. The van der Waals surface area contributed by atoms with Crippen molar-refractivity contribution in [1.82, 2.24) is 5.32 Å². The summed E-state index contributed by atoms with van der Waals surface area (Å²) in [5.74, 6) is 0. The Kier molecular flexibility index (Phi) is 16.2. The van der Waals surface area contributed by atoms with Gasteiger partial charge in [0.1, 0.15) is 0 Å². The fraction of sp³-hybridized carbons (Fsp3) is 1.00. The molecule has 0 aromatic heterocycles. The zero-order chi connectivity index (χ0) is 19.7. The van der Waals surface area contributed by atoms with Crippen LogP contribution in [0.25, 0.3) is 0 Å². The van der Waals surface area contributed by atoms with Crippen molar-refractivity contribution in [2.75, 3.05) is 55.7 Å². The lowest BCUT2D eigenvalue weighted by molar-refractivity contribution is 0.122. The Balaban J connectivity index is 3.50. The van der Waals surface area contributed by atoms with Crippen LogP contribution in [0.15, 0.2) is 0 Å². The lowest BCUT2D eigenvalue weighted by Crippen LogP contribution is -2.43. The van der Waals surface area contributed by atoms with Crippen LogP contribution in [0.1, 0.15) is 44.9 Å². The molecule has 9 heteroatoms. The minimum Gasteiger partial charge on any atom is -0.377 e. The second kappa shape index (κ2) is 16.1. The lowest BCUT2D eigenvalue weighted by atomic mass is 10.1. The van der Waals surface area contributed by atoms with E-state index in [0.717, 1.165) is 38.0 Å². The molecule has 26 heavy (non-hydrogen) atoms. The Hall–Kier alpha value is 0.154. The Morgan fingerprint density at radius 1 is 0.462 bits per heavy atom. The summed E-state index contributed by atoms with van der Waals surface area (Å²) in [6.45, 7) is 2.04. The molecule has 0 aromatic rings. The van der Waals surface area contributed by atoms with Gasteiger partial charge in [-0.05, 0) is 32.4 Å². The van der Waals surface area contributed by atoms with Crippen LogP contribution in [0.2, 0.25) is 12.1 Å². The van der Waals surface area contributed by atoms with E-state index in [-0.39, 0.29) is 0 Å². The van der Waals surface area contributed by atoms with Crippen molar-refractivity contribution in [2.24, 2.45) is 0 Å². The van der Waals surface area contributed by atoms with Crippen LogP contribution in [0.3, 0.4) is 0 Å². The molecule has 0 rings (SSSR count). The summed E-state index contributed by atoms with van der Waals surface area (Å²) in [7, 11) is 5.24. The molecule has 0 aliphatic heterocycles. The monoisotopic (exact) mass is 411 g/mol. The molecule has 0 bridgehead atoms. The number of unbranched alkanes of at least 4 members (excludes halogenated alkanes) is 5. The highest BCUT2D eigenvalue weighted by Crippen LogP contribution is 2.18. The van der Waals surface area contributed by atoms with Crippen molar-refractivity contribution in [1.29, 1.82) is 0 Å². The van der Waals surface area contributed by atoms with Crippen LogP contribution < -0.4 is 5.32 Å². The number of rotatable bonds is 19. The predicted octanol–water partition coefficient (Wildman–Crippen LogP) is 3.06. The van der Waals surface area contributed by atoms with Gasteiger partial charge in [0.2, 0.25) is 0 Å². The van der Waals surface area contributed by atoms with Gasteiger partial charge in [-0.2, -0.15) is 0 Å². The van der Waals surface area contributed by atoms with Crippen LogP contribution in [0.4, 0.5) is 0 Å². The summed E-state index contributed by atoms with van der Waals surface area (Å²) in [5.41, 5.74) is 0. The first kappa shape index (κ1) is 26.2. The first-order chi connectivity index (χ1) is 12.6. The third-order valence-electron chi connectivity index (χ3n) is 4.79. The van der Waals surface area contributed by atoms with E-state index in [1.807, 2.05) is 0 Å². The topological polar surface area (TPSA) is 67.4 Å². The normalized spacial score (nSPS) is 12.7. The van der Waals surface area contributed by atoms with Crippen LogP contribution in [0.5, 0.6) is 0 Å². The average Bonchev–Trinajstić information content (AvgIpc) is 2.69. The molecule has 0 atom stereocenters. The highest BCUT2D eigenvalue weighted by atomic mass is 28.4. The van der Waals surface area contributed by atoms with E-state index in [1.54, 1.807) is 42.7 Å². The average molecular weight is 412 g/mol. The highest BCUT2D eigenvalue weighted by Gasteiger charge is 2.37. The number of nitrogens with one attached hydrogen (secondary N) is 1. The summed E-state index contributed by atoms with van der Waals surface area (Å²) < 4.78 is 32.6. The molecule has 0 unspecified atom stereocenters. The van der Waals surface area contributed by atoms with Crippen molar-refractivity contribution in [3.63, 3.8) is 0 Å². The zero-order valence-corrected chi connectivity index (χ0v) is 19.7. The summed E-state index contributed by atoms with van der Waals surface area (Å²) in [5, 5.41) is 3.49. The van der Waals surface area contributed by atoms with Gasteiger partial charge in [0.25, 0.3) is 0 Å². The molecule has 0 amide bonds. The van der Waals surface area contributed by atoms with Gasteiger partial charge < -0.3 is 31.9 Å². The molecule has 0 spiro atoms. The van der Waals surface area contributed by atoms with E-state index < -0.39 is 17.6 Å². The lowest BCUT2D eigenvalue weighted by Gasteiger charge is -2.24. The summed E-state index contributed by atoms with van der Waals surface area (Å²) in [6.07, 6.45) is 8.32. The van der Waals surface area contributed by atoms with Gasteiger partial charge in [-0.3, -0.25) is 0 Å². The molecule has 0 radical (unpaired) electrons. The largest absolute Gasteiger partial charge is 0.500 e. The van der Waals surface area contributed by atoms with Gasteiger partial charge >= 0.3 is 17.6 Å². The smallest absolute Gasteiger partial charge is 0.377 e. The standard InChI is InChI=1S/C17H41NO6Si2/c1-19-25(20-2,21-3)16-12-10-8-7-9-11-14-18-15-13-17-26(22-4,23-5)24-6/h18H,7-17H2,1-6H3. The Bertz CT molecular complexity index is 271. The third kappa shape index (κ3) is 10.5. The molecule has 0 aliphatic rings. The SMILES string of the molecule is CO[Si](CCCCCCCCNCCC[Si](OC)(OC)OC)(OC)OC. The molecular formula is C17H41NO6Si2. The van der Waals surface area contributed by atoms with Gasteiger partial charge in [0.15, 0.2) is 0 Å². The first-order valence-electron chi connectivity index (χ1n) is 9.59. The molecule has 0 aliphatic carbocycles. The van der Waals surface area contributed by atoms with Gasteiger partial charge in [-0.25, -0.2) is 0 Å². The fourth-order valence-electron chi connectivity index (χ4n) is 2.97. The second-order valence-corrected chi connectivity index (χ2v) is 12.5. The van der Waals surface area contributed by atoms with E-state index in [9.17, 15) is 0 Å².